The summed E-state index contributed by atoms with van der Waals surface area (Å²) in [4.78, 5) is 24.1. The summed E-state index contributed by atoms with van der Waals surface area (Å²) < 4.78 is 26.5. The van der Waals surface area contributed by atoms with Gasteiger partial charge in [0, 0.05) is 55.0 Å². The van der Waals surface area contributed by atoms with Crippen LogP contribution in [-0.4, -0.2) is 65.4 Å². The largest absolute Gasteiger partial charge is 0.493 e. The zero-order valence-corrected chi connectivity index (χ0v) is 23.7. The molecule has 5 rings (SSSR count). The van der Waals surface area contributed by atoms with Gasteiger partial charge in [-0.1, -0.05) is 12.5 Å². The Kier molecular flexibility index (Phi) is 9.62. The Morgan fingerprint density at radius 2 is 2.20 bits per heavy atom. The number of aryl methyl sites for hydroxylation is 2. The number of unbranched alkanes of at least 4 members (excludes halogenated alkanes) is 2. The summed E-state index contributed by atoms with van der Waals surface area (Å²) in [5.41, 5.74) is 5.19. The Morgan fingerprint density at radius 1 is 1.30 bits per heavy atom. The van der Waals surface area contributed by atoms with E-state index in [1.54, 1.807) is 17.8 Å². The molecule has 2 N–H and O–H groups in total. The number of hydrogen-bond donors (Lipinski definition) is 2. The summed E-state index contributed by atoms with van der Waals surface area (Å²) >= 11 is 1.48. The fourth-order valence-corrected chi connectivity index (χ4v) is 6.31. The molecule has 1 fully saturated rings. The topological polar surface area (TPSA) is 96.8 Å². The number of carboxylic acid groups (broad SMARTS) is 1. The second-order valence-electron chi connectivity index (χ2n) is 10.5. The maximum atomic E-state index is 15.0. The summed E-state index contributed by atoms with van der Waals surface area (Å²) in [6, 6.07) is 6.49. The molecule has 0 radical (unpaired) electrons. The van der Waals surface area contributed by atoms with Gasteiger partial charge >= 0.3 is 5.97 Å². The number of ether oxygens (including phenoxy) is 2. The van der Waals surface area contributed by atoms with E-state index < -0.39 is 17.8 Å². The van der Waals surface area contributed by atoms with Gasteiger partial charge in [0.15, 0.2) is 11.6 Å². The summed E-state index contributed by atoms with van der Waals surface area (Å²) in [5.74, 6) is -0.558. The van der Waals surface area contributed by atoms with Crippen molar-refractivity contribution in [1.29, 1.82) is 0 Å². The van der Waals surface area contributed by atoms with Crippen molar-refractivity contribution in [2.45, 2.75) is 63.5 Å². The van der Waals surface area contributed by atoms with Crippen molar-refractivity contribution in [3.63, 3.8) is 0 Å². The van der Waals surface area contributed by atoms with Crippen molar-refractivity contribution in [2.75, 3.05) is 38.7 Å². The number of hydrogen-bond acceptors (Lipinski definition) is 8. The molecule has 1 saturated heterocycles. The first-order chi connectivity index (χ1) is 19.5. The predicted octanol–water partition coefficient (Wildman–Crippen LogP) is 5.26. The number of benzene rings is 1. The number of fused-ring (bicyclic) bond motifs is 1. The van der Waals surface area contributed by atoms with Gasteiger partial charge in [-0.25, -0.2) is 9.37 Å². The molecule has 40 heavy (non-hydrogen) atoms. The predicted molar refractivity (Wildman–Crippen MR) is 153 cm³/mol. The van der Waals surface area contributed by atoms with E-state index in [1.807, 2.05) is 4.90 Å². The van der Waals surface area contributed by atoms with Crippen LogP contribution in [0.4, 0.5) is 10.2 Å². The molecule has 0 amide bonds. The first-order valence-electron chi connectivity index (χ1n) is 14.1. The number of anilines is 1. The number of nitrogens with zero attached hydrogens (tertiary/aromatic N) is 3. The number of methoxy groups -OCH3 is 1. The molecule has 1 unspecified atom stereocenters. The van der Waals surface area contributed by atoms with Crippen LogP contribution in [0.2, 0.25) is 0 Å². The number of pyridine rings is 1. The first-order valence-corrected chi connectivity index (χ1v) is 14.9. The van der Waals surface area contributed by atoms with E-state index >= 15 is 0 Å². The number of aliphatic carboxylic acids is 1. The summed E-state index contributed by atoms with van der Waals surface area (Å²) in [5, 5.41) is 13.6. The van der Waals surface area contributed by atoms with Gasteiger partial charge in [-0.15, -0.1) is 11.3 Å². The lowest BCUT2D eigenvalue weighted by molar-refractivity contribution is -0.143. The van der Waals surface area contributed by atoms with E-state index in [0.717, 1.165) is 67.9 Å². The molecular formula is C30H37FN4O4S. The van der Waals surface area contributed by atoms with E-state index in [2.05, 4.69) is 22.4 Å². The first kappa shape index (κ1) is 28.4. The number of rotatable bonds is 13. The maximum absolute atomic E-state index is 15.0. The molecule has 0 bridgehead atoms. The quantitative estimate of drug-likeness (QED) is 0.270. The number of carbonyl (C=O) groups is 1. The molecule has 8 nitrogen and oxygen atoms in total. The van der Waals surface area contributed by atoms with E-state index in [-0.39, 0.29) is 11.9 Å². The average Bonchev–Trinajstić information content (AvgIpc) is 3.63. The van der Waals surface area contributed by atoms with Gasteiger partial charge in [0.2, 0.25) is 0 Å². The third-order valence-corrected chi connectivity index (χ3v) is 8.43. The molecule has 2 aliphatic rings. The van der Waals surface area contributed by atoms with Crippen LogP contribution in [0.25, 0.3) is 0 Å². The van der Waals surface area contributed by atoms with Crippen LogP contribution in [0.1, 0.15) is 65.4 Å². The Hall–Kier alpha value is -3.08. The number of aromatic nitrogens is 2. The van der Waals surface area contributed by atoms with Crippen LogP contribution in [0, 0.1) is 5.82 Å². The van der Waals surface area contributed by atoms with Crippen molar-refractivity contribution in [3.8, 4) is 5.75 Å². The van der Waals surface area contributed by atoms with Crippen LogP contribution in [0.15, 0.2) is 36.0 Å². The standard InChI is InChI=1S/C30H37FN4O4S/c1-38-28-25(15-20(16-26(28)31)14-24-17-32-19-40-24)27(30(36)37)35-12-10-23(18-35)39-13-4-2-3-7-22-9-8-21-6-5-11-33-29(21)34-22/h8-9,15-17,19,23,27H,2-7,10-14,18H2,1H3,(H,33,34)(H,36,37)/t23-,27?/m1/s1. The molecule has 2 aromatic heterocycles. The Balaban J connectivity index is 1.12. The highest BCUT2D eigenvalue weighted by Crippen LogP contribution is 2.36. The van der Waals surface area contributed by atoms with E-state index in [4.69, 9.17) is 14.5 Å². The third kappa shape index (κ3) is 6.97. The van der Waals surface area contributed by atoms with Crippen molar-refractivity contribution in [3.05, 3.63) is 69.1 Å². The zero-order valence-electron chi connectivity index (χ0n) is 22.9. The fraction of sp³-hybridized carbons (Fsp3) is 0.500. The van der Waals surface area contributed by atoms with Crippen molar-refractivity contribution in [2.24, 2.45) is 0 Å². The van der Waals surface area contributed by atoms with Gasteiger partial charge in [0.25, 0.3) is 0 Å². The van der Waals surface area contributed by atoms with E-state index in [0.29, 0.717) is 37.2 Å². The maximum Gasteiger partial charge on any atom is 0.325 e. The summed E-state index contributed by atoms with van der Waals surface area (Å²) in [7, 11) is 1.37. The van der Waals surface area contributed by atoms with Crippen molar-refractivity contribution in [1.82, 2.24) is 14.9 Å². The SMILES string of the molecule is COc1c(F)cc(Cc2cncs2)cc1C(C(=O)O)N1CC[C@@H](OCCCCCc2ccc3c(n2)NCCC3)C1. The van der Waals surface area contributed by atoms with E-state index in [9.17, 15) is 14.3 Å². The number of halogens is 1. The van der Waals surface area contributed by atoms with Gasteiger partial charge in [-0.3, -0.25) is 14.7 Å². The Morgan fingerprint density at radius 3 is 3.00 bits per heavy atom. The molecule has 10 heteroatoms. The molecule has 2 aliphatic heterocycles. The molecular weight excluding hydrogens is 531 g/mol. The lowest BCUT2D eigenvalue weighted by Crippen LogP contribution is -2.34. The molecule has 214 valence electrons. The molecule has 2 atom stereocenters. The summed E-state index contributed by atoms with van der Waals surface area (Å²) in [6.45, 7) is 2.67. The Labute approximate surface area is 238 Å². The highest BCUT2D eigenvalue weighted by atomic mass is 32.1. The molecule has 0 spiro atoms. The van der Waals surface area contributed by atoms with Crippen LogP contribution < -0.4 is 10.1 Å². The Bertz CT molecular complexity index is 1290. The molecule has 3 aromatic rings. The van der Waals surface area contributed by atoms with Gasteiger partial charge in [0.05, 0.1) is 18.7 Å². The smallest absolute Gasteiger partial charge is 0.325 e. The summed E-state index contributed by atoms with van der Waals surface area (Å²) in [6.07, 6.45) is 9.17. The molecule has 0 saturated carbocycles. The van der Waals surface area contributed by atoms with Crippen molar-refractivity contribution >= 4 is 23.1 Å². The number of thiazole rings is 1. The number of nitrogens with one attached hydrogen (secondary N) is 1. The normalized spacial score (nSPS) is 17.8. The monoisotopic (exact) mass is 568 g/mol. The molecule has 1 aromatic carbocycles. The van der Waals surface area contributed by atoms with Crippen LogP contribution in [0.3, 0.4) is 0 Å². The minimum absolute atomic E-state index is 0.0194. The number of likely N-dealkylation sites (tertiary alicyclic amines) is 1. The third-order valence-electron chi connectivity index (χ3n) is 7.65. The highest BCUT2D eigenvalue weighted by molar-refractivity contribution is 7.09. The second-order valence-corrected chi connectivity index (χ2v) is 11.5. The second kappa shape index (κ2) is 13.5. The van der Waals surface area contributed by atoms with E-state index in [1.165, 1.54) is 30.1 Å². The molecule has 0 aliphatic carbocycles. The lowest BCUT2D eigenvalue weighted by atomic mass is 9.99. The van der Waals surface area contributed by atoms with Gasteiger partial charge in [-0.2, -0.15) is 0 Å². The zero-order chi connectivity index (χ0) is 27.9. The minimum atomic E-state index is -1.03. The van der Waals surface area contributed by atoms with Crippen LogP contribution in [0.5, 0.6) is 5.75 Å². The highest BCUT2D eigenvalue weighted by Gasteiger charge is 2.36. The average molecular weight is 569 g/mol. The fourth-order valence-electron chi connectivity index (χ4n) is 5.68. The van der Waals surface area contributed by atoms with Gasteiger partial charge in [0.1, 0.15) is 11.9 Å². The lowest BCUT2D eigenvalue weighted by Gasteiger charge is -2.26. The van der Waals surface area contributed by atoms with Crippen LogP contribution >= 0.6 is 11.3 Å². The van der Waals surface area contributed by atoms with Gasteiger partial charge < -0.3 is 19.9 Å². The van der Waals surface area contributed by atoms with Gasteiger partial charge in [-0.05, 0) is 67.9 Å². The minimum Gasteiger partial charge on any atom is -0.493 e. The number of carboxylic acids is 1. The molecule has 4 heterocycles. The van der Waals surface area contributed by atoms with Crippen LogP contribution in [-0.2, 0) is 28.8 Å². The van der Waals surface area contributed by atoms with Crippen molar-refractivity contribution < 1.29 is 23.8 Å².